The number of amides is 1. The van der Waals surface area contributed by atoms with Crippen LogP contribution in [0.3, 0.4) is 0 Å². The highest BCUT2D eigenvalue weighted by Crippen LogP contribution is 2.24. The number of carbonyl (C=O) groups is 1. The van der Waals surface area contributed by atoms with Crippen LogP contribution in [0, 0.1) is 6.92 Å². The summed E-state index contributed by atoms with van der Waals surface area (Å²) in [5.74, 6) is -0.283. The third kappa shape index (κ3) is 5.03. The van der Waals surface area contributed by atoms with Crippen LogP contribution >= 0.6 is 0 Å². The number of para-hydroxylation sites is 1. The molecule has 1 amide bonds. The number of carbonyl (C=O) groups excluding carboxylic acids is 1. The van der Waals surface area contributed by atoms with Gasteiger partial charge in [-0.1, -0.05) is 60.7 Å². The first-order chi connectivity index (χ1) is 13.9. The van der Waals surface area contributed by atoms with Gasteiger partial charge in [-0.2, -0.15) is 0 Å². The lowest BCUT2D eigenvalue weighted by molar-refractivity contribution is -0.128. The van der Waals surface area contributed by atoms with E-state index in [0.717, 1.165) is 11.1 Å². The second-order valence-electron chi connectivity index (χ2n) is 6.90. The molecular formula is C23H24N2O3S. The summed E-state index contributed by atoms with van der Waals surface area (Å²) < 4.78 is 27.9. The minimum Gasteiger partial charge on any atom is -0.340 e. The van der Waals surface area contributed by atoms with Crippen molar-refractivity contribution in [3.05, 3.63) is 96.1 Å². The lowest BCUT2D eigenvalue weighted by Gasteiger charge is -2.27. The lowest BCUT2D eigenvalue weighted by atomic mass is 10.2. The summed E-state index contributed by atoms with van der Waals surface area (Å²) in [6, 6.07) is 25.0. The number of hydrogen-bond donors (Lipinski definition) is 0. The fourth-order valence-corrected chi connectivity index (χ4v) is 4.52. The van der Waals surface area contributed by atoms with Crippen molar-refractivity contribution in [2.24, 2.45) is 0 Å². The highest BCUT2D eigenvalue weighted by Gasteiger charge is 2.28. The van der Waals surface area contributed by atoms with E-state index >= 15 is 0 Å². The molecule has 3 aromatic carbocycles. The van der Waals surface area contributed by atoms with Crippen molar-refractivity contribution in [3.8, 4) is 0 Å². The summed E-state index contributed by atoms with van der Waals surface area (Å²) in [7, 11) is -2.21. The number of rotatable bonds is 7. The molecule has 3 rings (SSSR count). The Bertz CT molecular complexity index is 1070. The Balaban J connectivity index is 1.89. The summed E-state index contributed by atoms with van der Waals surface area (Å²) in [6.07, 6.45) is 0. The Morgan fingerprint density at radius 3 is 2.10 bits per heavy atom. The van der Waals surface area contributed by atoms with Crippen molar-refractivity contribution in [2.75, 3.05) is 17.9 Å². The van der Waals surface area contributed by atoms with Gasteiger partial charge in [0.25, 0.3) is 10.0 Å². The molecule has 150 valence electrons. The summed E-state index contributed by atoms with van der Waals surface area (Å²) in [6.45, 7) is 1.97. The van der Waals surface area contributed by atoms with E-state index in [4.69, 9.17) is 0 Å². The first kappa shape index (κ1) is 20.6. The normalized spacial score (nSPS) is 11.1. The molecule has 5 nitrogen and oxygen atoms in total. The van der Waals surface area contributed by atoms with E-state index in [1.165, 1.54) is 9.21 Å². The van der Waals surface area contributed by atoms with Crippen LogP contribution in [-0.4, -0.2) is 32.8 Å². The van der Waals surface area contributed by atoms with Crippen LogP contribution in [0.5, 0.6) is 0 Å². The molecule has 6 heteroatoms. The summed E-state index contributed by atoms with van der Waals surface area (Å²) in [5, 5.41) is 0. The molecule has 0 N–H and O–H groups in total. The number of benzene rings is 3. The Hall–Kier alpha value is -3.12. The second-order valence-corrected chi connectivity index (χ2v) is 8.76. The van der Waals surface area contributed by atoms with E-state index in [1.807, 2.05) is 49.4 Å². The summed E-state index contributed by atoms with van der Waals surface area (Å²) in [5.41, 5.74) is 2.28. The molecule has 0 aliphatic heterocycles. The molecule has 0 fully saturated rings. The number of likely N-dealkylation sites (N-methyl/N-ethyl adjacent to an activating group) is 1. The molecule has 0 saturated heterocycles. The highest BCUT2D eigenvalue weighted by molar-refractivity contribution is 7.92. The van der Waals surface area contributed by atoms with Crippen LogP contribution in [0.25, 0.3) is 0 Å². The van der Waals surface area contributed by atoms with E-state index in [0.29, 0.717) is 12.2 Å². The maximum Gasteiger partial charge on any atom is 0.264 e. The van der Waals surface area contributed by atoms with Gasteiger partial charge >= 0.3 is 0 Å². The van der Waals surface area contributed by atoms with Gasteiger partial charge in [0, 0.05) is 13.6 Å². The average Bonchev–Trinajstić information content (AvgIpc) is 2.73. The van der Waals surface area contributed by atoms with Crippen molar-refractivity contribution in [3.63, 3.8) is 0 Å². The van der Waals surface area contributed by atoms with E-state index in [2.05, 4.69) is 0 Å². The van der Waals surface area contributed by atoms with Crippen LogP contribution in [0.1, 0.15) is 11.1 Å². The fourth-order valence-electron chi connectivity index (χ4n) is 3.00. The average molecular weight is 409 g/mol. The third-order valence-electron chi connectivity index (χ3n) is 4.59. The molecule has 0 aliphatic rings. The SMILES string of the molecule is Cc1cccc(S(=O)(=O)N(CC(=O)N(C)Cc2ccccc2)c2ccccc2)c1. The lowest BCUT2D eigenvalue weighted by Crippen LogP contribution is -2.41. The van der Waals surface area contributed by atoms with Gasteiger partial charge in [0.05, 0.1) is 10.6 Å². The first-order valence-corrected chi connectivity index (χ1v) is 10.7. The number of aryl methyl sites for hydroxylation is 1. The zero-order valence-electron chi connectivity index (χ0n) is 16.5. The molecule has 0 saturated carbocycles. The number of nitrogens with zero attached hydrogens (tertiary/aromatic N) is 2. The summed E-state index contributed by atoms with van der Waals surface area (Å²) >= 11 is 0. The topological polar surface area (TPSA) is 57.7 Å². The second kappa shape index (κ2) is 8.92. The van der Waals surface area contributed by atoms with Gasteiger partial charge in [0.2, 0.25) is 5.91 Å². The van der Waals surface area contributed by atoms with E-state index < -0.39 is 10.0 Å². The predicted octanol–water partition coefficient (Wildman–Crippen LogP) is 3.85. The van der Waals surface area contributed by atoms with Crippen molar-refractivity contribution >= 4 is 21.6 Å². The fraction of sp³-hybridized carbons (Fsp3) is 0.174. The minimum atomic E-state index is -3.89. The third-order valence-corrected chi connectivity index (χ3v) is 6.36. The van der Waals surface area contributed by atoms with Gasteiger partial charge in [-0.05, 0) is 42.3 Å². The molecule has 0 aliphatic carbocycles. The van der Waals surface area contributed by atoms with Crippen LogP contribution in [0.15, 0.2) is 89.8 Å². The molecule has 0 bridgehead atoms. The van der Waals surface area contributed by atoms with Crippen molar-refractivity contribution in [1.29, 1.82) is 0 Å². The Kier molecular flexibility index (Phi) is 6.34. The summed E-state index contributed by atoms with van der Waals surface area (Å²) in [4.78, 5) is 14.6. The van der Waals surface area contributed by atoms with Gasteiger partial charge < -0.3 is 4.90 Å². The highest BCUT2D eigenvalue weighted by atomic mass is 32.2. The number of sulfonamides is 1. The Labute approximate surface area is 172 Å². The van der Waals surface area contributed by atoms with E-state index in [1.54, 1.807) is 49.5 Å². The molecule has 29 heavy (non-hydrogen) atoms. The number of hydrogen-bond acceptors (Lipinski definition) is 3. The zero-order chi connectivity index (χ0) is 20.9. The van der Waals surface area contributed by atoms with Gasteiger partial charge in [-0.3, -0.25) is 9.10 Å². The van der Waals surface area contributed by atoms with Gasteiger partial charge in [-0.25, -0.2) is 8.42 Å². The Morgan fingerprint density at radius 2 is 1.48 bits per heavy atom. The Morgan fingerprint density at radius 1 is 0.862 bits per heavy atom. The molecule has 0 radical (unpaired) electrons. The molecule has 0 spiro atoms. The molecule has 0 aromatic heterocycles. The van der Waals surface area contributed by atoms with Crippen molar-refractivity contribution < 1.29 is 13.2 Å². The molecular weight excluding hydrogens is 384 g/mol. The quantitative estimate of drug-likeness (QED) is 0.597. The van der Waals surface area contributed by atoms with Crippen molar-refractivity contribution in [2.45, 2.75) is 18.4 Å². The largest absolute Gasteiger partial charge is 0.340 e. The van der Waals surface area contributed by atoms with E-state index in [-0.39, 0.29) is 17.3 Å². The zero-order valence-corrected chi connectivity index (χ0v) is 17.3. The van der Waals surface area contributed by atoms with E-state index in [9.17, 15) is 13.2 Å². The smallest absolute Gasteiger partial charge is 0.264 e. The molecule has 0 heterocycles. The molecule has 0 atom stereocenters. The van der Waals surface area contributed by atoms with Crippen LogP contribution in [-0.2, 0) is 21.4 Å². The van der Waals surface area contributed by atoms with Crippen LogP contribution in [0.4, 0.5) is 5.69 Å². The monoisotopic (exact) mass is 408 g/mol. The first-order valence-electron chi connectivity index (χ1n) is 9.30. The molecule has 0 unspecified atom stereocenters. The van der Waals surface area contributed by atoms with Crippen LogP contribution < -0.4 is 4.31 Å². The minimum absolute atomic E-state index is 0.167. The van der Waals surface area contributed by atoms with Crippen molar-refractivity contribution in [1.82, 2.24) is 4.90 Å². The maximum absolute atomic E-state index is 13.4. The maximum atomic E-state index is 13.4. The van der Waals surface area contributed by atoms with Gasteiger partial charge in [0.1, 0.15) is 6.54 Å². The van der Waals surface area contributed by atoms with Gasteiger partial charge in [-0.15, -0.1) is 0 Å². The predicted molar refractivity (Wildman–Crippen MR) is 115 cm³/mol. The van der Waals surface area contributed by atoms with Crippen LogP contribution in [0.2, 0.25) is 0 Å². The standard InChI is InChI=1S/C23H24N2O3S/c1-19-10-9-15-22(16-19)29(27,28)25(21-13-7-4-8-14-21)18-23(26)24(2)17-20-11-5-3-6-12-20/h3-16H,17-18H2,1-2H3. The molecule has 3 aromatic rings. The number of anilines is 1. The van der Waals surface area contributed by atoms with Gasteiger partial charge in [0.15, 0.2) is 0 Å².